The van der Waals surface area contributed by atoms with E-state index in [0.717, 1.165) is 40.7 Å². The lowest BCUT2D eigenvalue weighted by atomic mass is 9.70. The van der Waals surface area contributed by atoms with E-state index in [1.807, 2.05) is 26.1 Å². The van der Waals surface area contributed by atoms with Gasteiger partial charge in [-0.05, 0) is 67.0 Å². The summed E-state index contributed by atoms with van der Waals surface area (Å²) in [5.41, 5.74) is 6.51. The van der Waals surface area contributed by atoms with Gasteiger partial charge in [0.15, 0.2) is 0 Å². The molecule has 0 saturated heterocycles. The summed E-state index contributed by atoms with van der Waals surface area (Å²) in [6.45, 7) is 11.2. The number of aromatic nitrogens is 1. The number of pyridine rings is 1. The summed E-state index contributed by atoms with van der Waals surface area (Å²) < 4.78 is 4.87. The highest BCUT2D eigenvalue weighted by Crippen LogP contribution is 2.40. The zero-order valence-corrected chi connectivity index (χ0v) is 22.1. The predicted molar refractivity (Wildman–Crippen MR) is 145 cm³/mol. The van der Waals surface area contributed by atoms with E-state index in [4.69, 9.17) is 4.74 Å². The van der Waals surface area contributed by atoms with Crippen molar-refractivity contribution in [1.29, 1.82) is 0 Å². The largest absolute Gasteiger partial charge is 0.463 e. The minimum Gasteiger partial charge on any atom is -0.463 e. The molecule has 0 amide bonds. The average Bonchev–Trinajstić information content (AvgIpc) is 2.92. The summed E-state index contributed by atoms with van der Waals surface area (Å²) in [4.78, 5) is 14.8. The molecule has 0 aliphatic heterocycles. The Labute approximate surface area is 215 Å². The van der Waals surface area contributed by atoms with Crippen LogP contribution in [-0.2, 0) is 21.6 Å². The van der Waals surface area contributed by atoms with Crippen LogP contribution in [0.5, 0.6) is 0 Å². The van der Waals surface area contributed by atoms with Crippen molar-refractivity contribution in [3.05, 3.63) is 88.7 Å². The van der Waals surface area contributed by atoms with Crippen molar-refractivity contribution in [3.63, 3.8) is 0 Å². The van der Waals surface area contributed by atoms with Crippen LogP contribution in [0.15, 0.2) is 60.9 Å². The molecular weight excluding hydrogens is 446 g/mol. The van der Waals surface area contributed by atoms with Gasteiger partial charge in [-0.3, -0.25) is 9.78 Å². The highest BCUT2D eigenvalue weighted by atomic mass is 16.5. The van der Waals surface area contributed by atoms with Crippen LogP contribution in [0.4, 0.5) is 0 Å². The quantitative estimate of drug-likeness (QED) is 0.256. The van der Waals surface area contributed by atoms with E-state index in [1.165, 1.54) is 11.1 Å². The fraction of sp³-hybridized carbons (Fsp3) is 0.375. The Morgan fingerprint density at radius 1 is 0.889 bits per heavy atom. The Balaban J connectivity index is 1.94. The normalized spacial score (nSPS) is 11.5. The van der Waals surface area contributed by atoms with Gasteiger partial charge < -0.3 is 9.84 Å². The van der Waals surface area contributed by atoms with Crippen LogP contribution >= 0.6 is 0 Å². The number of hydrogen-bond acceptors (Lipinski definition) is 4. The fourth-order valence-corrected chi connectivity index (χ4v) is 4.78. The van der Waals surface area contributed by atoms with Gasteiger partial charge in [-0.15, -0.1) is 0 Å². The first-order valence-electron chi connectivity index (χ1n) is 12.8. The zero-order valence-electron chi connectivity index (χ0n) is 22.1. The smallest absolute Gasteiger partial charge is 0.293 e. The molecule has 188 valence electrons. The minimum atomic E-state index is -0.931. The lowest BCUT2D eigenvalue weighted by Crippen LogP contribution is -2.26. The van der Waals surface area contributed by atoms with Gasteiger partial charge in [0.05, 0.1) is 0 Å². The molecule has 36 heavy (non-hydrogen) atoms. The van der Waals surface area contributed by atoms with Crippen molar-refractivity contribution in [2.75, 3.05) is 0 Å². The number of carbonyl (C=O) groups is 1. The number of carbonyl (C=O) groups excluding carboxylic acids is 1. The number of benzene rings is 2. The van der Waals surface area contributed by atoms with Crippen LogP contribution in [-0.4, -0.2) is 22.2 Å². The number of hydrogen-bond donors (Lipinski definition) is 1. The standard InChI is InChI=1S/C32H37NO3/c1-6-31(35,7-2)17-16-26-10-15-30(18-24(26)5)32(8-3,9-4)29-13-11-27(12-14-29)28-19-25(20-33-21-28)22-36-23-34/h10-15,18-21,23,35H,6-9,22H2,1-5H3. The van der Waals surface area contributed by atoms with E-state index in [-0.39, 0.29) is 12.0 Å². The zero-order chi connectivity index (χ0) is 26.2. The topological polar surface area (TPSA) is 59.4 Å². The molecule has 0 saturated carbocycles. The first-order valence-corrected chi connectivity index (χ1v) is 12.8. The van der Waals surface area contributed by atoms with Gasteiger partial charge in [0.25, 0.3) is 6.47 Å². The molecule has 0 unspecified atom stereocenters. The lowest BCUT2D eigenvalue weighted by Gasteiger charge is -2.34. The van der Waals surface area contributed by atoms with Crippen molar-refractivity contribution in [2.45, 2.75) is 77.9 Å². The van der Waals surface area contributed by atoms with Crippen LogP contribution in [0.25, 0.3) is 11.1 Å². The minimum absolute atomic E-state index is 0.110. The molecule has 3 aromatic rings. The van der Waals surface area contributed by atoms with Gasteiger partial charge in [0, 0.05) is 34.5 Å². The Hall–Kier alpha value is -3.42. The molecule has 0 spiro atoms. The summed E-state index contributed by atoms with van der Waals surface area (Å²) in [7, 11) is 0. The second kappa shape index (κ2) is 12.0. The maximum absolute atomic E-state index is 10.5. The van der Waals surface area contributed by atoms with E-state index in [9.17, 15) is 9.90 Å². The van der Waals surface area contributed by atoms with E-state index in [0.29, 0.717) is 19.3 Å². The highest BCUT2D eigenvalue weighted by Gasteiger charge is 2.31. The van der Waals surface area contributed by atoms with Crippen molar-refractivity contribution < 1.29 is 14.6 Å². The molecule has 4 heteroatoms. The van der Waals surface area contributed by atoms with E-state index < -0.39 is 5.60 Å². The summed E-state index contributed by atoms with van der Waals surface area (Å²) in [5.74, 6) is 6.30. The number of rotatable bonds is 10. The molecular formula is C32H37NO3. The molecule has 4 nitrogen and oxygen atoms in total. The van der Waals surface area contributed by atoms with Gasteiger partial charge in [-0.2, -0.15) is 0 Å². The summed E-state index contributed by atoms with van der Waals surface area (Å²) in [6.07, 6.45) is 6.71. The first kappa shape index (κ1) is 27.2. The second-order valence-corrected chi connectivity index (χ2v) is 9.37. The maximum atomic E-state index is 10.5. The Kier molecular flexibility index (Phi) is 9.07. The lowest BCUT2D eigenvalue weighted by molar-refractivity contribution is -0.129. The van der Waals surface area contributed by atoms with Gasteiger partial charge in [0.2, 0.25) is 0 Å². The summed E-state index contributed by atoms with van der Waals surface area (Å²) in [5, 5.41) is 10.5. The van der Waals surface area contributed by atoms with Crippen molar-refractivity contribution in [3.8, 4) is 23.0 Å². The number of aliphatic hydroxyl groups is 1. The Bertz CT molecular complexity index is 1230. The van der Waals surface area contributed by atoms with Gasteiger partial charge >= 0.3 is 0 Å². The third kappa shape index (κ3) is 5.86. The van der Waals surface area contributed by atoms with Gasteiger partial charge in [0.1, 0.15) is 12.2 Å². The van der Waals surface area contributed by atoms with Crippen LogP contribution in [0, 0.1) is 18.8 Å². The number of nitrogens with zero attached hydrogens (tertiary/aromatic N) is 1. The van der Waals surface area contributed by atoms with E-state index in [2.05, 4.69) is 80.1 Å². The molecule has 0 aliphatic carbocycles. The second-order valence-electron chi connectivity index (χ2n) is 9.37. The molecule has 0 aliphatic rings. The van der Waals surface area contributed by atoms with E-state index in [1.54, 1.807) is 6.20 Å². The average molecular weight is 484 g/mol. The van der Waals surface area contributed by atoms with Crippen molar-refractivity contribution >= 4 is 6.47 Å². The third-order valence-corrected chi connectivity index (χ3v) is 7.47. The molecule has 1 N–H and O–H groups in total. The fourth-order valence-electron chi connectivity index (χ4n) is 4.78. The predicted octanol–water partition coefficient (Wildman–Crippen LogP) is 6.74. The SMILES string of the molecule is CCC(O)(C#Cc1ccc(C(CC)(CC)c2ccc(-c3cncc(COC=O)c3)cc2)cc1C)CC. The maximum Gasteiger partial charge on any atom is 0.293 e. The van der Waals surface area contributed by atoms with Crippen molar-refractivity contribution in [1.82, 2.24) is 4.98 Å². The molecule has 0 radical (unpaired) electrons. The Morgan fingerprint density at radius 2 is 1.56 bits per heavy atom. The first-order chi connectivity index (χ1) is 17.3. The molecule has 0 atom stereocenters. The highest BCUT2D eigenvalue weighted by molar-refractivity contribution is 5.64. The van der Waals surface area contributed by atoms with Gasteiger partial charge in [-0.25, -0.2) is 0 Å². The molecule has 0 fully saturated rings. The molecule has 3 rings (SSSR count). The van der Waals surface area contributed by atoms with Crippen LogP contribution in [0.1, 0.15) is 81.2 Å². The molecule has 0 bridgehead atoms. The Morgan fingerprint density at radius 3 is 2.14 bits per heavy atom. The van der Waals surface area contributed by atoms with Crippen LogP contribution in [0.3, 0.4) is 0 Å². The van der Waals surface area contributed by atoms with Crippen LogP contribution < -0.4 is 0 Å². The van der Waals surface area contributed by atoms with Crippen molar-refractivity contribution in [2.24, 2.45) is 0 Å². The van der Waals surface area contributed by atoms with Crippen LogP contribution in [0.2, 0.25) is 0 Å². The third-order valence-electron chi connectivity index (χ3n) is 7.47. The summed E-state index contributed by atoms with van der Waals surface area (Å²) in [6, 6.07) is 17.2. The molecule has 1 aromatic heterocycles. The molecule has 1 heterocycles. The van der Waals surface area contributed by atoms with Gasteiger partial charge in [-0.1, -0.05) is 75.9 Å². The summed E-state index contributed by atoms with van der Waals surface area (Å²) >= 11 is 0. The van der Waals surface area contributed by atoms with E-state index >= 15 is 0 Å². The number of ether oxygens (including phenoxy) is 1. The monoisotopic (exact) mass is 483 g/mol. The number of aryl methyl sites for hydroxylation is 1. The molecule has 2 aromatic carbocycles.